The maximum absolute atomic E-state index is 10.1. The van der Waals surface area contributed by atoms with Gasteiger partial charge >= 0.3 is 0 Å². The second-order valence-electron chi connectivity index (χ2n) is 4.37. The van der Waals surface area contributed by atoms with Gasteiger partial charge in [0.05, 0.1) is 12.1 Å². The van der Waals surface area contributed by atoms with E-state index in [2.05, 4.69) is 9.98 Å². The van der Waals surface area contributed by atoms with Gasteiger partial charge in [-0.2, -0.15) is 0 Å². The van der Waals surface area contributed by atoms with E-state index in [9.17, 15) is 9.59 Å². The molecule has 0 fully saturated rings. The Hall–Kier alpha value is -2.02. The summed E-state index contributed by atoms with van der Waals surface area (Å²) in [7, 11) is 0. The Bertz CT molecular complexity index is 445. The third kappa shape index (κ3) is 4.88. The molecule has 0 radical (unpaired) electrons. The highest BCUT2D eigenvalue weighted by Crippen LogP contribution is 2.11. The zero-order valence-corrected chi connectivity index (χ0v) is 10.6. The van der Waals surface area contributed by atoms with Crippen molar-refractivity contribution in [1.82, 2.24) is 0 Å². The molecule has 4 nitrogen and oxygen atoms in total. The van der Waals surface area contributed by atoms with E-state index in [1.807, 2.05) is 38.1 Å². The Kier molecular flexibility index (Phi) is 5.72. The summed E-state index contributed by atoms with van der Waals surface area (Å²) in [6, 6.07) is 7.86. The monoisotopic (exact) mass is 244 g/mol. The number of hydrogen-bond acceptors (Lipinski definition) is 4. The fourth-order valence-electron chi connectivity index (χ4n) is 1.84. The lowest BCUT2D eigenvalue weighted by Crippen LogP contribution is -2.05. The lowest BCUT2D eigenvalue weighted by Gasteiger charge is -2.08. The van der Waals surface area contributed by atoms with Crippen LogP contribution in [0.15, 0.2) is 34.3 Å². The van der Waals surface area contributed by atoms with E-state index in [0.29, 0.717) is 12.8 Å². The highest BCUT2D eigenvalue weighted by Gasteiger charge is 2.05. The van der Waals surface area contributed by atoms with Crippen LogP contribution in [0.5, 0.6) is 0 Å². The number of rotatable bonds is 6. The molecular formula is C14H16N2O2. The molecule has 0 saturated heterocycles. The first-order valence-electron chi connectivity index (χ1n) is 5.87. The molecule has 0 heterocycles. The minimum absolute atomic E-state index is 0.0665. The van der Waals surface area contributed by atoms with Crippen molar-refractivity contribution in [3.63, 3.8) is 0 Å². The fourth-order valence-corrected chi connectivity index (χ4v) is 1.84. The molecule has 18 heavy (non-hydrogen) atoms. The van der Waals surface area contributed by atoms with Crippen molar-refractivity contribution < 1.29 is 9.59 Å². The highest BCUT2D eigenvalue weighted by molar-refractivity contribution is 5.35. The molecule has 0 amide bonds. The van der Waals surface area contributed by atoms with Crippen LogP contribution in [0.4, 0.5) is 0 Å². The van der Waals surface area contributed by atoms with Crippen LogP contribution < -0.4 is 0 Å². The molecule has 0 spiro atoms. The first-order chi connectivity index (χ1) is 8.65. The van der Waals surface area contributed by atoms with Crippen LogP contribution in [-0.4, -0.2) is 24.2 Å². The van der Waals surface area contributed by atoms with Crippen LogP contribution in [0.25, 0.3) is 0 Å². The molecular weight excluding hydrogens is 228 g/mol. The molecule has 0 saturated carbocycles. The molecule has 0 aliphatic rings. The molecule has 0 N–H and O–H groups in total. The third-order valence-electron chi connectivity index (χ3n) is 2.60. The molecule has 2 atom stereocenters. The molecule has 0 aliphatic heterocycles. The molecule has 0 aromatic heterocycles. The van der Waals surface area contributed by atoms with E-state index in [4.69, 9.17) is 0 Å². The number of benzene rings is 1. The van der Waals surface area contributed by atoms with Gasteiger partial charge in [-0.15, -0.1) is 0 Å². The first kappa shape index (κ1) is 14.0. The Balaban J connectivity index is 2.72. The average Bonchev–Trinajstić information content (AvgIpc) is 2.29. The summed E-state index contributed by atoms with van der Waals surface area (Å²) in [5.41, 5.74) is 2.22. The molecule has 1 aromatic carbocycles. The molecule has 1 aromatic rings. The van der Waals surface area contributed by atoms with Crippen molar-refractivity contribution in [2.75, 3.05) is 0 Å². The Morgan fingerprint density at radius 1 is 1.00 bits per heavy atom. The van der Waals surface area contributed by atoms with E-state index in [0.717, 1.165) is 11.1 Å². The van der Waals surface area contributed by atoms with E-state index >= 15 is 0 Å². The molecule has 0 bridgehead atoms. The normalized spacial score (nSPS) is 13.0. The molecule has 4 heteroatoms. The first-order valence-corrected chi connectivity index (χ1v) is 5.87. The average molecular weight is 244 g/mol. The summed E-state index contributed by atoms with van der Waals surface area (Å²) in [5, 5.41) is 0. The topological polar surface area (TPSA) is 58.9 Å². The van der Waals surface area contributed by atoms with Crippen molar-refractivity contribution in [3.05, 3.63) is 35.4 Å². The number of aliphatic imine (C=N–C) groups is 2. The van der Waals surface area contributed by atoms with Crippen molar-refractivity contribution in [2.45, 2.75) is 38.8 Å². The summed E-state index contributed by atoms with van der Waals surface area (Å²) in [6.07, 6.45) is 4.54. The van der Waals surface area contributed by atoms with E-state index in [-0.39, 0.29) is 12.1 Å². The zero-order chi connectivity index (χ0) is 13.4. The van der Waals surface area contributed by atoms with Gasteiger partial charge in [0.2, 0.25) is 12.2 Å². The van der Waals surface area contributed by atoms with E-state index in [1.165, 1.54) is 0 Å². The summed E-state index contributed by atoms with van der Waals surface area (Å²) in [4.78, 5) is 27.6. The van der Waals surface area contributed by atoms with Gasteiger partial charge in [0.15, 0.2) is 0 Å². The molecule has 1 rings (SSSR count). The van der Waals surface area contributed by atoms with Gasteiger partial charge < -0.3 is 0 Å². The van der Waals surface area contributed by atoms with Gasteiger partial charge in [0.25, 0.3) is 0 Å². The summed E-state index contributed by atoms with van der Waals surface area (Å²) >= 11 is 0. The third-order valence-corrected chi connectivity index (χ3v) is 2.60. The number of isocyanates is 2. The van der Waals surface area contributed by atoms with Gasteiger partial charge in [0, 0.05) is 0 Å². The predicted molar refractivity (Wildman–Crippen MR) is 69.0 cm³/mol. The van der Waals surface area contributed by atoms with Crippen LogP contribution in [0.2, 0.25) is 0 Å². The maximum atomic E-state index is 10.1. The van der Waals surface area contributed by atoms with Crippen molar-refractivity contribution in [1.29, 1.82) is 0 Å². The summed E-state index contributed by atoms with van der Waals surface area (Å²) < 4.78 is 0. The zero-order valence-electron chi connectivity index (χ0n) is 10.6. The second-order valence-corrected chi connectivity index (χ2v) is 4.37. The van der Waals surface area contributed by atoms with Crippen molar-refractivity contribution in [3.8, 4) is 0 Å². The Labute approximate surface area is 106 Å². The highest BCUT2D eigenvalue weighted by atomic mass is 16.1. The minimum Gasteiger partial charge on any atom is -0.211 e. The fraction of sp³-hybridized carbons (Fsp3) is 0.429. The van der Waals surface area contributed by atoms with Crippen LogP contribution in [-0.2, 0) is 22.4 Å². The second kappa shape index (κ2) is 7.33. The van der Waals surface area contributed by atoms with Crippen LogP contribution in [0.3, 0.4) is 0 Å². The van der Waals surface area contributed by atoms with Gasteiger partial charge in [0.1, 0.15) is 0 Å². The molecule has 0 aliphatic carbocycles. The standard InChI is InChI=1S/C14H16N2O2/c1-11(15-9-17)6-13-4-3-5-14(8-13)7-12(2)16-10-18/h3-5,8,11-12H,6-7H2,1-2H3/t11-,12-/m1/s1. The van der Waals surface area contributed by atoms with E-state index < -0.39 is 0 Å². The quantitative estimate of drug-likeness (QED) is 0.569. The van der Waals surface area contributed by atoms with Crippen molar-refractivity contribution in [2.24, 2.45) is 9.98 Å². The van der Waals surface area contributed by atoms with E-state index in [1.54, 1.807) is 12.2 Å². The van der Waals surface area contributed by atoms with Crippen molar-refractivity contribution >= 4 is 12.2 Å². The van der Waals surface area contributed by atoms with Gasteiger partial charge in [-0.1, -0.05) is 24.3 Å². The smallest absolute Gasteiger partial charge is 0.211 e. The Morgan fingerprint density at radius 2 is 1.44 bits per heavy atom. The van der Waals surface area contributed by atoms with Gasteiger partial charge in [-0.3, -0.25) is 0 Å². The SMILES string of the molecule is C[C@H](Cc1cccc(C[C@@H](C)N=C=O)c1)N=C=O. The van der Waals surface area contributed by atoms with Gasteiger partial charge in [-0.05, 0) is 37.8 Å². The largest absolute Gasteiger partial charge is 0.235 e. The lowest BCUT2D eigenvalue weighted by molar-refractivity contribution is 0.557. The molecule has 94 valence electrons. The Morgan fingerprint density at radius 3 is 1.83 bits per heavy atom. The van der Waals surface area contributed by atoms with Crippen LogP contribution in [0.1, 0.15) is 25.0 Å². The minimum atomic E-state index is -0.0665. The number of hydrogen-bond donors (Lipinski definition) is 0. The van der Waals surface area contributed by atoms with Gasteiger partial charge in [-0.25, -0.2) is 19.6 Å². The lowest BCUT2D eigenvalue weighted by atomic mass is 10.0. The predicted octanol–water partition coefficient (Wildman–Crippen LogP) is 2.22. The number of nitrogens with zero attached hydrogens (tertiary/aromatic N) is 2. The summed E-state index contributed by atoms with van der Waals surface area (Å²) in [6.45, 7) is 3.74. The summed E-state index contributed by atoms with van der Waals surface area (Å²) in [5.74, 6) is 0. The number of carbonyl (C=O) groups excluding carboxylic acids is 2. The molecule has 0 unspecified atom stereocenters. The van der Waals surface area contributed by atoms with Crippen LogP contribution >= 0.6 is 0 Å². The maximum Gasteiger partial charge on any atom is 0.235 e. The van der Waals surface area contributed by atoms with Crippen LogP contribution in [0, 0.1) is 0 Å².